The van der Waals surface area contributed by atoms with Crippen molar-refractivity contribution in [3.8, 4) is 0 Å². The Morgan fingerprint density at radius 3 is 2.44 bits per heavy atom. The van der Waals surface area contributed by atoms with Gasteiger partial charge in [-0.15, -0.1) is 0 Å². The van der Waals surface area contributed by atoms with Crippen LogP contribution in [0.1, 0.15) is 59.3 Å². The van der Waals surface area contributed by atoms with E-state index in [0.29, 0.717) is 6.04 Å². The molecule has 1 fully saturated rings. The molecule has 0 saturated heterocycles. The second-order valence-corrected chi connectivity index (χ2v) is 5.25. The minimum atomic E-state index is -0.662. The molecule has 16 heavy (non-hydrogen) atoms. The lowest BCUT2D eigenvalue weighted by molar-refractivity contribution is -0.137. The summed E-state index contributed by atoms with van der Waals surface area (Å²) < 4.78 is 0. The van der Waals surface area contributed by atoms with Gasteiger partial charge >= 0.3 is 0 Å². The SMILES string of the molecule is CCCCN(C(=O)C(C)(N)CCC)C1CC1. The van der Waals surface area contributed by atoms with Crippen LogP contribution < -0.4 is 5.73 Å². The zero-order valence-electron chi connectivity index (χ0n) is 11.0. The highest BCUT2D eigenvalue weighted by Crippen LogP contribution is 2.29. The molecule has 0 spiro atoms. The number of hydrogen-bond acceptors (Lipinski definition) is 2. The first-order valence-corrected chi connectivity index (χ1v) is 6.63. The summed E-state index contributed by atoms with van der Waals surface area (Å²) in [6, 6.07) is 0.485. The Morgan fingerprint density at radius 1 is 1.38 bits per heavy atom. The molecule has 1 saturated carbocycles. The third kappa shape index (κ3) is 3.48. The minimum Gasteiger partial charge on any atom is -0.338 e. The van der Waals surface area contributed by atoms with Crippen molar-refractivity contribution in [1.29, 1.82) is 0 Å². The van der Waals surface area contributed by atoms with E-state index in [0.717, 1.165) is 45.1 Å². The number of rotatable bonds is 7. The largest absolute Gasteiger partial charge is 0.338 e. The number of nitrogens with zero attached hydrogens (tertiary/aromatic N) is 1. The van der Waals surface area contributed by atoms with Crippen molar-refractivity contribution in [3.05, 3.63) is 0 Å². The molecule has 0 heterocycles. The van der Waals surface area contributed by atoms with Gasteiger partial charge in [-0.3, -0.25) is 4.79 Å². The van der Waals surface area contributed by atoms with Crippen LogP contribution in [0.15, 0.2) is 0 Å². The fourth-order valence-corrected chi connectivity index (χ4v) is 2.12. The van der Waals surface area contributed by atoms with Gasteiger partial charge in [-0.2, -0.15) is 0 Å². The van der Waals surface area contributed by atoms with Crippen molar-refractivity contribution in [2.75, 3.05) is 6.54 Å². The van der Waals surface area contributed by atoms with Gasteiger partial charge in [0.25, 0.3) is 0 Å². The van der Waals surface area contributed by atoms with E-state index < -0.39 is 5.54 Å². The third-order valence-corrected chi connectivity index (χ3v) is 3.26. The maximum absolute atomic E-state index is 12.3. The standard InChI is InChI=1S/C13H26N2O/c1-4-6-10-15(11-7-8-11)12(16)13(3,14)9-5-2/h11H,4-10,14H2,1-3H3. The fraction of sp³-hybridized carbons (Fsp3) is 0.923. The molecule has 3 heteroatoms. The minimum absolute atomic E-state index is 0.158. The maximum Gasteiger partial charge on any atom is 0.242 e. The normalized spacial score (nSPS) is 19.2. The molecule has 1 atom stereocenters. The van der Waals surface area contributed by atoms with Crippen molar-refractivity contribution in [2.45, 2.75) is 70.9 Å². The van der Waals surface area contributed by atoms with Gasteiger partial charge in [-0.25, -0.2) is 0 Å². The van der Waals surface area contributed by atoms with E-state index in [2.05, 4.69) is 13.8 Å². The molecule has 0 aromatic carbocycles. The van der Waals surface area contributed by atoms with Crippen LogP contribution in [0.25, 0.3) is 0 Å². The van der Waals surface area contributed by atoms with E-state index in [4.69, 9.17) is 5.73 Å². The predicted molar refractivity (Wildman–Crippen MR) is 67.1 cm³/mol. The van der Waals surface area contributed by atoms with Crippen LogP contribution in [-0.2, 0) is 4.79 Å². The summed E-state index contributed by atoms with van der Waals surface area (Å²) in [7, 11) is 0. The maximum atomic E-state index is 12.3. The van der Waals surface area contributed by atoms with Crippen LogP contribution in [0.3, 0.4) is 0 Å². The van der Waals surface area contributed by atoms with E-state index in [1.165, 1.54) is 0 Å². The number of carbonyl (C=O) groups excluding carboxylic acids is 1. The van der Waals surface area contributed by atoms with Crippen molar-refractivity contribution < 1.29 is 4.79 Å². The molecule has 3 nitrogen and oxygen atoms in total. The molecular weight excluding hydrogens is 200 g/mol. The van der Waals surface area contributed by atoms with Crippen LogP contribution >= 0.6 is 0 Å². The van der Waals surface area contributed by atoms with Gasteiger partial charge in [0, 0.05) is 12.6 Å². The van der Waals surface area contributed by atoms with Crippen molar-refractivity contribution >= 4 is 5.91 Å². The summed E-state index contributed by atoms with van der Waals surface area (Å²) in [5.41, 5.74) is 5.46. The summed E-state index contributed by atoms with van der Waals surface area (Å²) in [5.74, 6) is 0.158. The Balaban J connectivity index is 2.58. The van der Waals surface area contributed by atoms with Crippen LogP contribution in [0.2, 0.25) is 0 Å². The molecule has 0 aromatic heterocycles. The van der Waals surface area contributed by atoms with E-state index in [1.807, 2.05) is 11.8 Å². The van der Waals surface area contributed by atoms with Crippen LogP contribution in [0.5, 0.6) is 0 Å². The van der Waals surface area contributed by atoms with Crippen LogP contribution in [0, 0.1) is 0 Å². The highest BCUT2D eigenvalue weighted by molar-refractivity contribution is 5.86. The Bertz CT molecular complexity index is 234. The molecule has 94 valence electrons. The van der Waals surface area contributed by atoms with E-state index >= 15 is 0 Å². The molecule has 0 aliphatic heterocycles. The molecule has 1 amide bonds. The second-order valence-electron chi connectivity index (χ2n) is 5.25. The van der Waals surface area contributed by atoms with Gasteiger partial charge in [0.2, 0.25) is 5.91 Å². The predicted octanol–water partition coefficient (Wildman–Crippen LogP) is 2.29. The van der Waals surface area contributed by atoms with Crippen molar-refractivity contribution in [2.24, 2.45) is 5.73 Å². The number of nitrogens with two attached hydrogens (primary N) is 1. The zero-order chi connectivity index (χ0) is 12.2. The van der Waals surface area contributed by atoms with Crippen LogP contribution in [0.4, 0.5) is 0 Å². The smallest absolute Gasteiger partial charge is 0.242 e. The molecule has 0 bridgehead atoms. The highest BCUT2D eigenvalue weighted by atomic mass is 16.2. The van der Waals surface area contributed by atoms with Crippen LogP contribution in [-0.4, -0.2) is 28.9 Å². The second kappa shape index (κ2) is 5.67. The Kier molecular flexibility index (Phi) is 4.78. The number of unbranched alkanes of at least 4 members (excludes halogenated alkanes) is 1. The Morgan fingerprint density at radius 2 is 2.00 bits per heavy atom. The van der Waals surface area contributed by atoms with Crippen molar-refractivity contribution in [3.63, 3.8) is 0 Å². The lowest BCUT2D eigenvalue weighted by Crippen LogP contribution is -2.54. The highest BCUT2D eigenvalue weighted by Gasteiger charge is 2.38. The summed E-state index contributed by atoms with van der Waals surface area (Å²) in [6.07, 6.45) is 6.29. The Hall–Kier alpha value is -0.570. The third-order valence-electron chi connectivity index (χ3n) is 3.26. The van der Waals surface area contributed by atoms with Gasteiger partial charge in [-0.05, 0) is 32.6 Å². The first kappa shape index (κ1) is 13.5. The monoisotopic (exact) mass is 226 g/mol. The van der Waals surface area contributed by atoms with Crippen molar-refractivity contribution in [1.82, 2.24) is 4.90 Å². The average molecular weight is 226 g/mol. The van der Waals surface area contributed by atoms with E-state index in [1.54, 1.807) is 0 Å². The quantitative estimate of drug-likeness (QED) is 0.724. The van der Waals surface area contributed by atoms with E-state index in [-0.39, 0.29) is 5.91 Å². The van der Waals surface area contributed by atoms with Gasteiger partial charge in [0.1, 0.15) is 0 Å². The first-order valence-electron chi connectivity index (χ1n) is 6.63. The lowest BCUT2D eigenvalue weighted by Gasteiger charge is -2.32. The van der Waals surface area contributed by atoms with Gasteiger partial charge in [0.15, 0.2) is 0 Å². The van der Waals surface area contributed by atoms with Gasteiger partial charge < -0.3 is 10.6 Å². The number of hydrogen-bond donors (Lipinski definition) is 1. The molecule has 0 radical (unpaired) electrons. The number of carbonyl (C=O) groups is 1. The topological polar surface area (TPSA) is 46.3 Å². The fourth-order valence-electron chi connectivity index (χ4n) is 2.12. The lowest BCUT2D eigenvalue weighted by atomic mass is 9.95. The Labute approximate surface area is 99.4 Å². The van der Waals surface area contributed by atoms with Gasteiger partial charge in [0.05, 0.1) is 5.54 Å². The summed E-state index contributed by atoms with van der Waals surface area (Å²) in [4.78, 5) is 14.4. The molecule has 1 aliphatic carbocycles. The number of amides is 1. The molecular formula is C13H26N2O. The first-order chi connectivity index (χ1) is 7.53. The average Bonchev–Trinajstić information content (AvgIpc) is 3.02. The summed E-state index contributed by atoms with van der Waals surface area (Å²) >= 11 is 0. The molecule has 2 N–H and O–H groups in total. The van der Waals surface area contributed by atoms with Gasteiger partial charge in [-0.1, -0.05) is 26.7 Å². The zero-order valence-corrected chi connectivity index (χ0v) is 11.0. The summed E-state index contributed by atoms with van der Waals surface area (Å²) in [6.45, 7) is 6.99. The molecule has 1 rings (SSSR count). The summed E-state index contributed by atoms with van der Waals surface area (Å²) in [5, 5.41) is 0. The molecule has 1 aliphatic rings. The van der Waals surface area contributed by atoms with E-state index in [9.17, 15) is 4.79 Å². The molecule has 0 aromatic rings. The molecule has 1 unspecified atom stereocenters.